The number of para-hydroxylation sites is 1. The molecule has 0 spiro atoms. The molecule has 0 aliphatic carbocycles. The van der Waals surface area contributed by atoms with Crippen LogP contribution < -0.4 is 9.04 Å². The van der Waals surface area contributed by atoms with Crippen LogP contribution in [0.2, 0.25) is 0 Å². The summed E-state index contributed by atoms with van der Waals surface area (Å²) in [6.07, 6.45) is -0.0732. The molecule has 284 valence electrons. The predicted molar refractivity (Wildman–Crippen MR) is 202 cm³/mol. The molecule has 54 heavy (non-hydrogen) atoms. The Morgan fingerprint density at radius 3 is 2.22 bits per heavy atom. The summed E-state index contributed by atoms with van der Waals surface area (Å²) in [5, 5.41) is 31.7. The third-order valence-electron chi connectivity index (χ3n) is 8.54. The maximum Gasteiger partial charge on any atom is 0.306 e. The van der Waals surface area contributed by atoms with Crippen LogP contribution in [0.5, 0.6) is 17.5 Å². The number of rotatable bonds is 14. The molecular formula is C40H42FN3O9S. The van der Waals surface area contributed by atoms with E-state index in [1.54, 1.807) is 39.0 Å². The Balaban J connectivity index is 1.46. The fourth-order valence-corrected chi connectivity index (χ4v) is 7.77. The number of nitrogens with zero attached hydrogens (tertiary/aromatic N) is 3. The van der Waals surface area contributed by atoms with Crippen molar-refractivity contribution in [2.75, 3.05) is 10.9 Å². The van der Waals surface area contributed by atoms with Gasteiger partial charge in [0.25, 0.3) is 15.7 Å². The Morgan fingerprint density at radius 2 is 1.59 bits per heavy atom. The summed E-state index contributed by atoms with van der Waals surface area (Å²) in [4.78, 5) is 22.9. The van der Waals surface area contributed by atoms with E-state index in [2.05, 4.69) is 0 Å². The first kappa shape index (κ1) is 39.3. The SMILES string of the molecule is Cc1cc(OCCn2c(O)ccc2O)cc(C)c1-c1cccc(CN(c2ccc(CCC(=O)OC(C)(C)C)c(F)c2)S(=O)(=O)c2ccccc2[N+](=O)[O-])c1. The highest BCUT2D eigenvalue weighted by molar-refractivity contribution is 7.93. The van der Waals surface area contributed by atoms with Gasteiger partial charge in [-0.2, -0.15) is 0 Å². The summed E-state index contributed by atoms with van der Waals surface area (Å²) in [5.74, 6) is -0.833. The average Bonchev–Trinajstić information content (AvgIpc) is 3.41. The van der Waals surface area contributed by atoms with Gasteiger partial charge in [0, 0.05) is 24.6 Å². The number of aromatic nitrogens is 1. The van der Waals surface area contributed by atoms with Crippen LogP contribution in [-0.2, 0) is 39.1 Å². The first-order valence-corrected chi connectivity index (χ1v) is 18.6. The van der Waals surface area contributed by atoms with Gasteiger partial charge in [0.15, 0.2) is 16.7 Å². The number of halogens is 1. The van der Waals surface area contributed by atoms with Gasteiger partial charge < -0.3 is 19.7 Å². The molecule has 5 rings (SSSR count). The number of hydrogen-bond donors (Lipinski definition) is 2. The standard InChI is InChI=1S/C40H42FN3O9S/c1-26-21-32(52-20-19-42-36(45)16-17-37(42)46)22-27(2)39(26)30-10-8-9-28(23-30)25-43(54(50,51)35-12-7-6-11-34(35)44(48)49)31-15-13-29(33(41)24-31)14-18-38(47)53-40(3,4)5/h6-13,15-17,21-24,45-46H,14,18-20,25H2,1-5H3. The number of anilines is 1. The van der Waals surface area contributed by atoms with Crippen LogP contribution in [0.3, 0.4) is 0 Å². The van der Waals surface area contributed by atoms with Crippen molar-refractivity contribution < 1.29 is 42.2 Å². The van der Waals surface area contributed by atoms with Crippen LogP contribution in [0.4, 0.5) is 15.8 Å². The van der Waals surface area contributed by atoms with E-state index >= 15 is 4.39 Å². The van der Waals surface area contributed by atoms with Crippen molar-refractivity contribution in [3.8, 4) is 28.6 Å². The first-order chi connectivity index (χ1) is 25.4. The fourth-order valence-electron chi connectivity index (χ4n) is 6.17. The number of sulfonamides is 1. The summed E-state index contributed by atoms with van der Waals surface area (Å²) >= 11 is 0. The van der Waals surface area contributed by atoms with Crippen LogP contribution >= 0.6 is 0 Å². The molecule has 14 heteroatoms. The first-order valence-electron chi connectivity index (χ1n) is 17.1. The normalized spacial score (nSPS) is 11.7. The van der Waals surface area contributed by atoms with Gasteiger partial charge in [-0.25, -0.2) is 12.8 Å². The summed E-state index contributed by atoms with van der Waals surface area (Å²) < 4.78 is 57.7. The highest BCUT2D eigenvalue weighted by Crippen LogP contribution is 2.35. The van der Waals surface area contributed by atoms with Crippen LogP contribution in [0.1, 0.15) is 49.4 Å². The molecule has 5 aromatic rings. The van der Waals surface area contributed by atoms with Crippen molar-refractivity contribution in [2.24, 2.45) is 0 Å². The topological polar surface area (TPSA) is 161 Å². The Labute approximate surface area is 313 Å². The number of nitro benzene ring substituents is 1. The molecule has 0 aliphatic rings. The fraction of sp³-hybridized carbons (Fsp3) is 0.275. The number of benzene rings is 4. The van der Waals surface area contributed by atoms with E-state index in [0.717, 1.165) is 44.8 Å². The number of aromatic hydroxyl groups is 2. The molecule has 1 aromatic heterocycles. The minimum absolute atomic E-state index is 0.0167. The minimum Gasteiger partial charge on any atom is -0.494 e. The molecule has 0 radical (unpaired) electrons. The Bertz CT molecular complexity index is 2260. The molecule has 4 aromatic carbocycles. The second kappa shape index (κ2) is 16.0. The highest BCUT2D eigenvalue weighted by atomic mass is 32.2. The minimum atomic E-state index is -4.63. The Morgan fingerprint density at radius 1 is 0.926 bits per heavy atom. The zero-order valence-electron chi connectivity index (χ0n) is 30.6. The van der Waals surface area contributed by atoms with Crippen molar-refractivity contribution in [3.63, 3.8) is 0 Å². The van der Waals surface area contributed by atoms with Crippen molar-refractivity contribution in [2.45, 2.75) is 71.0 Å². The Hall–Kier alpha value is -5.89. The van der Waals surface area contributed by atoms with E-state index in [4.69, 9.17) is 9.47 Å². The summed E-state index contributed by atoms with van der Waals surface area (Å²) in [7, 11) is -4.63. The van der Waals surface area contributed by atoms with Crippen molar-refractivity contribution in [1.29, 1.82) is 0 Å². The molecule has 2 N–H and O–H groups in total. The Kier molecular flexibility index (Phi) is 11.7. The van der Waals surface area contributed by atoms with Gasteiger partial charge in [-0.3, -0.25) is 23.8 Å². The maximum absolute atomic E-state index is 15.6. The highest BCUT2D eigenvalue weighted by Gasteiger charge is 2.32. The lowest BCUT2D eigenvalue weighted by atomic mass is 9.94. The van der Waals surface area contributed by atoms with Crippen molar-refractivity contribution >= 4 is 27.4 Å². The summed E-state index contributed by atoms with van der Waals surface area (Å²) in [6.45, 7) is 9.10. The largest absolute Gasteiger partial charge is 0.494 e. The lowest BCUT2D eigenvalue weighted by Crippen LogP contribution is -2.31. The smallest absolute Gasteiger partial charge is 0.306 e. The van der Waals surface area contributed by atoms with E-state index in [9.17, 15) is 33.5 Å². The number of hydrogen-bond acceptors (Lipinski definition) is 9. The van der Waals surface area contributed by atoms with E-state index < -0.39 is 42.9 Å². The van der Waals surface area contributed by atoms with Crippen LogP contribution in [0.15, 0.2) is 95.9 Å². The zero-order valence-corrected chi connectivity index (χ0v) is 31.4. The lowest BCUT2D eigenvalue weighted by Gasteiger charge is -2.25. The van der Waals surface area contributed by atoms with Crippen LogP contribution in [0, 0.1) is 29.8 Å². The van der Waals surface area contributed by atoms with Crippen molar-refractivity contribution in [3.05, 3.63) is 129 Å². The number of carbonyl (C=O) groups excluding carboxylic acids is 1. The van der Waals surface area contributed by atoms with E-state index in [-0.39, 0.29) is 55.5 Å². The third kappa shape index (κ3) is 9.18. The molecule has 0 amide bonds. The molecule has 0 atom stereocenters. The van der Waals surface area contributed by atoms with Crippen LogP contribution in [-0.4, -0.2) is 46.3 Å². The molecule has 0 bridgehead atoms. The van der Waals surface area contributed by atoms with Crippen molar-refractivity contribution in [1.82, 2.24) is 4.57 Å². The molecule has 0 aliphatic heterocycles. The molecule has 0 saturated heterocycles. The third-order valence-corrected chi connectivity index (χ3v) is 10.4. The average molecular weight is 760 g/mol. The van der Waals surface area contributed by atoms with Gasteiger partial charge in [0.05, 0.1) is 23.7 Å². The van der Waals surface area contributed by atoms with Gasteiger partial charge in [-0.05, 0) is 111 Å². The summed E-state index contributed by atoms with van der Waals surface area (Å²) in [6, 6.07) is 22.5. The maximum atomic E-state index is 15.6. The zero-order chi connectivity index (χ0) is 39.4. The molecule has 1 heterocycles. The molecule has 0 saturated carbocycles. The number of carbonyl (C=O) groups is 1. The van der Waals surface area contributed by atoms with E-state index in [1.807, 2.05) is 32.0 Å². The van der Waals surface area contributed by atoms with Crippen LogP contribution in [0.25, 0.3) is 11.1 Å². The quantitative estimate of drug-likeness (QED) is 0.0650. The number of ether oxygens (including phenoxy) is 2. The van der Waals surface area contributed by atoms with Gasteiger partial charge >= 0.3 is 5.97 Å². The molecule has 12 nitrogen and oxygen atoms in total. The van der Waals surface area contributed by atoms with Gasteiger partial charge in [0.2, 0.25) is 0 Å². The second-order valence-electron chi connectivity index (χ2n) is 13.8. The van der Waals surface area contributed by atoms with Gasteiger partial charge in [-0.1, -0.05) is 36.4 Å². The lowest BCUT2D eigenvalue weighted by molar-refractivity contribution is -0.387. The molecule has 0 unspecified atom stereocenters. The van der Waals surface area contributed by atoms with E-state index in [1.165, 1.54) is 41.0 Å². The second-order valence-corrected chi connectivity index (χ2v) is 15.6. The van der Waals surface area contributed by atoms with E-state index in [0.29, 0.717) is 11.3 Å². The monoisotopic (exact) mass is 759 g/mol. The number of esters is 1. The molecule has 0 fully saturated rings. The number of aryl methyl sites for hydroxylation is 3. The number of nitro groups is 1. The van der Waals surface area contributed by atoms with Gasteiger partial charge in [0.1, 0.15) is 23.8 Å². The predicted octanol–water partition coefficient (Wildman–Crippen LogP) is 7.98. The summed E-state index contributed by atoms with van der Waals surface area (Å²) in [5.41, 5.74) is 2.67. The molecular weight excluding hydrogens is 718 g/mol. The van der Waals surface area contributed by atoms with Gasteiger partial charge in [-0.15, -0.1) is 0 Å².